The summed E-state index contributed by atoms with van der Waals surface area (Å²) in [5, 5.41) is 9.41. The van der Waals surface area contributed by atoms with Crippen molar-refractivity contribution in [3.8, 4) is 11.8 Å². The van der Waals surface area contributed by atoms with Crippen LogP contribution >= 0.6 is 0 Å². The van der Waals surface area contributed by atoms with E-state index in [4.69, 9.17) is 10.5 Å². The Balaban J connectivity index is 2.23. The molecule has 3 rings (SSSR count). The summed E-state index contributed by atoms with van der Waals surface area (Å²) in [6.45, 7) is 2.00. The SMILES string of the molecule is Cc1ccc2c(c1)OC(N)=C(C#N)C2c1ccccc1. The van der Waals surface area contributed by atoms with Crippen molar-refractivity contribution in [1.29, 1.82) is 5.26 Å². The fraction of sp³-hybridized carbons (Fsp3) is 0.118. The van der Waals surface area contributed by atoms with E-state index in [9.17, 15) is 5.26 Å². The topological polar surface area (TPSA) is 59.0 Å². The average Bonchev–Trinajstić information content (AvgIpc) is 2.46. The molecule has 0 aromatic heterocycles. The van der Waals surface area contributed by atoms with Gasteiger partial charge in [0, 0.05) is 5.56 Å². The molecule has 1 aliphatic rings. The average molecular weight is 262 g/mol. The van der Waals surface area contributed by atoms with Gasteiger partial charge in [0.1, 0.15) is 17.4 Å². The second-order valence-electron chi connectivity index (χ2n) is 4.88. The van der Waals surface area contributed by atoms with E-state index in [1.807, 2.05) is 55.5 Å². The third kappa shape index (κ3) is 1.92. The van der Waals surface area contributed by atoms with E-state index in [1.54, 1.807) is 0 Å². The third-order valence-corrected chi connectivity index (χ3v) is 3.51. The maximum Gasteiger partial charge on any atom is 0.205 e. The van der Waals surface area contributed by atoms with Gasteiger partial charge in [0.15, 0.2) is 0 Å². The molecule has 1 heterocycles. The smallest absolute Gasteiger partial charge is 0.205 e. The number of benzene rings is 2. The minimum Gasteiger partial charge on any atom is -0.440 e. The number of aryl methyl sites for hydroxylation is 1. The van der Waals surface area contributed by atoms with Gasteiger partial charge in [-0.05, 0) is 24.1 Å². The lowest BCUT2D eigenvalue weighted by atomic mass is 9.83. The molecule has 20 heavy (non-hydrogen) atoms. The van der Waals surface area contributed by atoms with Crippen molar-refractivity contribution in [3.63, 3.8) is 0 Å². The largest absolute Gasteiger partial charge is 0.440 e. The lowest BCUT2D eigenvalue weighted by molar-refractivity contribution is 0.393. The molecule has 3 nitrogen and oxygen atoms in total. The van der Waals surface area contributed by atoms with Crippen LogP contribution in [-0.2, 0) is 0 Å². The van der Waals surface area contributed by atoms with Crippen LogP contribution in [0.4, 0.5) is 0 Å². The molecule has 2 N–H and O–H groups in total. The van der Waals surface area contributed by atoms with Gasteiger partial charge in [-0.2, -0.15) is 5.26 Å². The van der Waals surface area contributed by atoms with Crippen molar-refractivity contribution in [2.24, 2.45) is 5.73 Å². The molecule has 1 atom stereocenters. The van der Waals surface area contributed by atoms with Gasteiger partial charge in [0.2, 0.25) is 5.88 Å². The first kappa shape index (κ1) is 12.3. The lowest BCUT2D eigenvalue weighted by Gasteiger charge is -2.26. The third-order valence-electron chi connectivity index (χ3n) is 3.51. The van der Waals surface area contributed by atoms with Gasteiger partial charge in [-0.1, -0.05) is 42.5 Å². The second-order valence-corrected chi connectivity index (χ2v) is 4.88. The normalized spacial score (nSPS) is 17.1. The molecular weight excluding hydrogens is 248 g/mol. The summed E-state index contributed by atoms with van der Waals surface area (Å²) in [7, 11) is 0. The maximum absolute atomic E-state index is 9.41. The molecule has 0 bridgehead atoms. The molecule has 1 unspecified atom stereocenters. The van der Waals surface area contributed by atoms with Crippen molar-refractivity contribution >= 4 is 0 Å². The standard InChI is InChI=1S/C17H14N2O/c1-11-7-8-13-15(9-11)20-17(19)14(10-18)16(13)12-5-3-2-4-6-12/h2-9,16H,19H2,1H3. The molecule has 0 fully saturated rings. The highest BCUT2D eigenvalue weighted by molar-refractivity contribution is 5.56. The summed E-state index contributed by atoms with van der Waals surface area (Å²) in [6.07, 6.45) is 0. The molecule has 0 radical (unpaired) electrons. The highest BCUT2D eigenvalue weighted by atomic mass is 16.5. The second kappa shape index (κ2) is 4.75. The molecule has 1 aliphatic heterocycles. The number of nitrogens with zero attached hydrogens (tertiary/aromatic N) is 1. The monoisotopic (exact) mass is 262 g/mol. The molecule has 0 aliphatic carbocycles. The zero-order valence-electron chi connectivity index (χ0n) is 11.1. The van der Waals surface area contributed by atoms with Crippen molar-refractivity contribution in [1.82, 2.24) is 0 Å². The number of allylic oxidation sites excluding steroid dienone is 1. The molecular formula is C17H14N2O. The lowest BCUT2D eigenvalue weighted by Crippen LogP contribution is -2.21. The first-order valence-corrected chi connectivity index (χ1v) is 6.44. The predicted octanol–water partition coefficient (Wildman–Crippen LogP) is 3.21. The van der Waals surface area contributed by atoms with Gasteiger partial charge in [-0.15, -0.1) is 0 Å². The minimum absolute atomic E-state index is 0.162. The quantitative estimate of drug-likeness (QED) is 0.858. The number of hydrogen-bond acceptors (Lipinski definition) is 3. The summed E-state index contributed by atoms with van der Waals surface area (Å²) < 4.78 is 5.60. The fourth-order valence-corrected chi connectivity index (χ4v) is 2.55. The van der Waals surface area contributed by atoms with Gasteiger partial charge in [-0.3, -0.25) is 0 Å². The molecule has 0 amide bonds. The Hall–Kier alpha value is -2.73. The molecule has 3 heteroatoms. The first-order chi connectivity index (χ1) is 9.70. The van der Waals surface area contributed by atoms with Gasteiger partial charge >= 0.3 is 0 Å². The molecule has 2 aromatic rings. The van der Waals surface area contributed by atoms with Crippen molar-refractivity contribution < 1.29 is 4.74 Å². The Morgan fingerprint density at radius 2 is 1.90 bits per heavy atom. The van der Waals surface area contributed by atoms with Gasteiger partial charge < -0.3 is 10.5 Å². The van der Waals surface area contributed by atoms with E-state index in [-0.39, 0.29) is 11.8 Å². The highest BCUT2D eigenvalue weighted by Crippen LogP contribution is 2.42. The summed E-state index contributed by atoms with van der Waals surface area (Å²) in [5.74, 6) is 0.764. The van der Waals surface area contributed by atoms with E-state index in [1.165, 1.54) is 0 Å². The Kier molecular flexibility index (Phi) is 2.92. The molecule has 0 spiro atoms. The van der Waals surface area contributed by atoms with Crippen LogP contribution in [0.3, 0.4) is 0 Å². The van der Waals surface area contributed by atoms with Crippen LogP contribution in [0.15, 0.2) is 60.0 Å². The summed E-state index contributed by atoms with van der Waals surface area (Å²) >= 11 is 0. The van der Waals surface area contributed by atoms with Gasteiger partial charge in [-0.25, -0.2) is 0 Å². The van der Waals surface area contributed by atoms with Gasteiger partial charge in [0.05, 0.1) is 5.92 Å². The predicted molar refractivity (Wildman–Crippen MR) is 76.9 cm³/mol. The molecule has 98 valence electrons. The Morgan fingerprint density at radius 3 is 2.60 bits per heavy atom. The van der Waals surface area contributed by atoms with Crippen molar-refractivity contribution in [2.45, 2.75) is 12.8 Å². The van der Waals surface area contributed by atoms with Crippen LogP contribution in [0, 0.1) is 18.3 Å². The summed E-state index contributed by atoms with van der Waals surface area (Å²) in [4.78, 5) is 0. The minimum atomic E-state index is -0.162. The summed E-state index contributed by atoms with van der Waals surface area (Å²) in [5.41, 5.74) is 9.50. The Morgan fingerprint density at radius 1 is 1.15 bits per heavy atom. The number of nitriles is 1. The van der Waals surface area contributed by atoms with Crippen LogP contribution in [0.25, 0.3) is 0 Å². The maximum atomic E-state index is 9.41. The van der Waals surface area contributed by atoms with Crippen LogP contribution in [0.2, 0.25) is 0 Å². The fourth-order valence-electron chi connectivity index (χ4n) is 2.55. The number of fused-ring (bicyclic) bond motifs is 1. The Bertz CT molecular complexity index is 726. The number of hydrogen-bond donors (Lipinski definition) is 1. The van der Waals surface area contributed by atoms with Crippen LogP contribution < -0.4 is 10.5 Å². The molecule has 0 saturated carbocycles. The number of rotatable bonds is 1. The zero-order chi connectivity index (χ0) is 14.1. The van der Waals surface area contributed by atoms with E-state index in [0.29, 0.717) is 5.57 Å². The van der Waals surface area contributed by atoms with E-state index in [2.05, 4.69) is 6.07 Å². The van der Waals surface area contributed by atoms with Crippen LogP contribution in [0.1, 0.15) is 22.6 Å². The van der Waals surface area contributed by atoms with Crippen LogP contribution in [-0.4, -0.2) is 0 Å². The van der Waals surface area contributed by atoms with E-state index >= 15 is 0 Å². The highest BCUT2D eigenvalue weighted by Gasteiger charge is 2.30. The zero-order valence-corrected chi connectivity index (χ0v) is 11.1. The Labute approximate surface area is 117 Å². The van der Waals surface area contributed by atoms with Crippen LogP contribution in [0.5, 0.6) is 5.75 Å². The van der Waals surface area contributed by atoms with E-state index < -0.39 is 0 Å². The number of nitrogens with two attached hydrogens (primary N) is 1. The van der Waals surface area contributed by atoms with Crippen molar-refractivity contribution in [3.05, 3.63) is 76.7 Å². The summed E-state index contributed by atoms with van der Waals surface area (Å²) in [6, 6.07) is 18.1. The van der Waals surface area contributed by atoms with Crippen molar-refractivity contribution in [2.75, 3.05) is 0 Å². The molecule has 2 aromatic carbocycles. The van der Waals surface area contributed by atoms with Gasteiger partial charge in [0.25, 0.3) is 0 Å². The van der Waals surface area contributed by atoms with E-state index in [0.717, 1.165) is 22.4 Å². The number of ether oxygens (including phenoxy) is 1. The molecule has 0 saturated heterocycles. The first-order valence-electron chi connectivity index (χ1n) is 6.44.